The monoisotopic (exact) mass is 299 g/mol. The van der Waals surface area contributed by atoms with Crippen molar-refractivity contribution in [3.8, 4) is 0 Å². The number of Topliss-reactive ketones (excluding diaryl/α,β-unsaturated/α-hetero) is 1. The Bertz CT molecular complexity index is 593. The summed E-state index contributed by atoms with van der Waals surface area (Å²) in [5.41, 5.74) is 3.47. The van der Waals surface area contributed by atoms with E-state index in [1.165, 1.54) is 18.1 Å². The smallest absolute Gasteiger partial charge is 0.252 e. The minimum atomic E-state index is -0.209. The van der Waals surface area contributed by atoms with Crippen molar-refractivity contribution >= 4 is 11.7 Å². The normalized spacial score (nSPS) is 11.0. The molecule has 0 fully saturated rings. The van der Waals surface area contributed by atoms with Crippen LogP contribution in [0.15, 0.2) is 47.6 Å². The molecule has 118 valence electrons. The number of rotatable bonds is 7. The van der Waals surface area contributed by atoms with Gasteiger partial charge in [0.25, 0.3) is 5.91 Å². The van der Waals surface area contributed by atoms with Crippen LogP contribution >= 0.6 is 0 Å². The van der Waals surface area contributed by atoms with E-state index < -0.39 is 0 Å². The van der Waals surface area contributed by atoms with Crippen LogP contribution < -0.4 is 5.32 Å². The van der Waals surface area contributed by atoms with Gasteiger partial charge in [0.05, 0.1) is 5.56 Å². The van der Waals surface area contributed by atoms with Gasteiger partial charge < -0.3 is 5.32 Å². The van der Waals surface area contributed by atoms with Gasteiger partial charge in [-0.3, -0.25) is 9.59 Å². The van der Waals surface area contributed by atoms with Crippen LogP contribution in [0.1, 0.15) is 61.3 Å². The van der Waals surface area contributed by atoms with E-state index in [0.29, 0.717) is 17.7 Å². The Hall–Kier alpha value is -2.16. The molecule has 0 aliphatic rings. The van der Waals surface area contributed by atoms with E-state index in [-0.39, 0.29) is 11.7 Å². The number of allylic oxidation sites excluding steroid dienone is 3. The van der Waals surface area contributed by atoms with Crippen molar-refractivity contribution in [3.63, 3.8) is 0 Å². The van der Waals surface area contributed by atoms with E-state index in [1.54, 1.807) is 24.3 Å². The van der Waals surface area contributed by atoms with Gasteiger partial charge >= 0.3 is 0 Å². The van der Waals surface area contributed by atoms with Gasteiger partial charge in [0, 0.05) is 12.1 Å². The molecule has 1 aromatic carbocycles. The second kappa shape index (κ2) is 8.98. The summed E-state index contributed by atoms with van der Waals surface area (Å²) in [6.45, 7) is 8.19. The summed E-state index contributed by atoms with van der Waals surface area (Å²) in [7, 11) is 0. The maximum atomic E-state index is 12.2. The number of benzene rings is 1. The van der Waals surface area contributed by atoms with E-state index in [4.69, 9.17) is 0 Å². The highest BCUT2D eigenvalue weighted by Gasteiger charge is 2.12. The van der Waals surface area contributed by atoms with Crippen LogP contribution in [-0.4, -0.2) is 18.2 Å². The fraction of sp³-hybridized carbons (Fsp3) is 0.368. The number of carbonyl (C=O) groups is 2. The van der Waals surface area contributed by atoms with Crippen molar-refractivity contribution in [2.45, 2.75) is 40.5 Å². The van der Waals surface area contributed by atoms with Gasteiger partial charge in [0.2, 0.25) is 0 Å². The van der Waals surface area contributed by atoms with Gasteiger partial charge in [0.1, 0.15) is 0 Å². The number of ketones is 1. The lowest BCUT2D eigenvalue weighted by Gasteiger charge is -2.07. The highest BCUT2D eigenvalue weighted by Crippen LogP contribution is 2.10. The molecule has 1 N–H and O–H groups in total. The van der Waals surface area contributed by atoms with Crippen molar-refractivity contribution in [1.82, 2.24) is 5.32 Å². The second-order valence-electron chi connectivity index (χ2n) is 5.68. The van der Waals surface area contributed by atoms with E-state index >= 15 is 0 Å². The molecule has 0 radical (unpaired) electrons. The Kier molecular flexibility index (Phi) is 7.30. The number of hydrogen-bond acceptors (Lipinski definition) is 2. The number of amides is 1. The summed E-state index contributed by atoms with van der Waals surface area (Å²) >= 11 is 0. The molecule has 1 amide bonds. The van der Waals surface area contributed by atoms with E-state index in [2.05, 4.69) is 32.2 Å². The van der Waals surface area contributed by atoms with Crippen molar-refractivity contribution in [2.24, 2.45) is 0 Å². The van der Waals surface area contributed by atoms with E-state index in [0.717, 1.165) is 12.8 Å². The van der Waals surface area contributed by atoms with Gasteiger partial charge in [-0.15, -0.1) is 0 Å². The van der Waals surface area contributed by atoms with E-state index in [9.17, 15) is 9.59 Å². The Balaban J connectivity index is 2.56. The van der Waals surface area contributed by atoms with Crippen LogP contribution in [0.3, 0.4) is 0 Å². The predicted octanol–water partition coefficient (Wildman–Crippen LogP) is 4.31. The molecule has 0 unspecified atom stereocenters. The fourth-order valence-electron chi connectivity index (χ4n) is 2.09. The molecule has 22 heavy (non-hydrogen) atoms. The quantitative estimate of drug-likeness (QED) is 0.602. The molecule has 1 rings (SSSR count). The molecule has 0 bridgehead atoms. The molecule has 3 nitrogen and oxygen atoms in total. The highest BCUT2D eigenvalue weighted by molar-refractivity contribution is 6.07. The standard InChI is InChI=1S/C19H25NO2/c1-14(2)8-7-9-15(3)12-13-20-19(22)18-11-6-5-10-17(18)16(4)21/h5-6,8,10-12H,7,9,13H2,1-4H3,(H,20,22). The molecule has 0 aromatic heterocycles. The molecule has 0 heterocycles. The summed E-state index contributed by atoms with van der Waals surface area (Å²) in [6, 6.07) is 6.89. The molecule has 3 heteroatoms. The lowest BCUT2D eigenvalue weighted by atomic mass is 10.0. The molecule has 0 atom stereocenters. The predicted molar refractivity (Wildman–Crippen MR) is 91.2 cm³/mol. The van der Waals surface area contributed by atoms with Crippen molar-refractivity contribution in [1.29, 1.82) is 0 Å². The van der Waals surface area contributed by atoms with Gasteiger partial charge in [0.15, 0.2) is 5.78 Å². The summed E-state index contributed by atoms with van der Waals surface area (Å²) in [5.74, 6) is -0.307. The third-order valence-corrected chi connectivity index (χ3v) is 3.36. The first kappa shape index (κ1) is 17.9. The van der Waals surface area contributed by atoms with Crippen LogP contribution in [-0.2, 0) is 0 Å². The maximum Gasteiger partial charge on any atom is 0.252 e. The Morgan fingerprint density at radius 1 is 1.00 bits per heavy atom. The van der Waals surface area contributed by atoms with Crippen LogP contribution in [0.5, 0.6) is 0 Å². The summed E-state index contributed by atoms with van der Waals surface area (Å²) in [5, 5.41) is 2.84. The summed E-state index contributed by atoms with van der Waals surface area (Å²) in [6.07, 6.45) is 6.24. The first-order chi connectivity index (χ1) is 10.4. The van der Waals surface area contributed by atoms with Crippen LogP contribution in [0.4, 0.5) is 0 Å². The summed E-state index contributed by atoms with van der Waals surface area (Å²) in [4.78, 5) is 23.7. The fourth-order valence-corrected chi connectivity index (χ4v) is 2.09. The second-order valence-corrected chi connectivity index (χ2v) is 5.68. The molecule has 0 aliphatic carbocycles. The lowest BCUT2D eigenvalue weighted by Crippen LogP contribution is -2.25. The van der Waals surface area contributed by atoms with Crippen LogP contribution in [0.2, 0.25) is 0 Å². The number of carbonyl (C=O) groups excluding carboxylic acids is 2. The van der Waals surface area contributed by atoms with Gasteiger partial charge in [-0.1, -0.05) is 41.5 Å². The molecular weight excluding hydrogens is 274 g/mol. The Morgan fingerprint density at radius 2 is 1.64 bits per heavy atom. The molecule has 1 aromatic rings. The topological polar surface area (TPSA) is 46.2 Å². The summed E-state index contributed by atoms with van der Waals surface area (Å²) < 4.78 is 0. The molecule has 0 aliphatic heterocycles. The van der Waals surface area contributed by atoms with Gasteiger partial charge in [-0.25, -0.2) is 0 Å². The largest absolute Gasteiger partial charge is 0.349 e. The first-order valence-electron chi connectivity index (χ1n) is 7.59. The average Bonchev–Trinajstić information content (AvgIpc) is 2.46. The molecular formula is C19H25NO2. The SMILES string of the molecule is CC(=O)c1ccccc1C(=O)NCC=C(C)CCC=C(C)C. The lowest BCUT2D eigenvalue weighted by molar-refractivity contribution is 0.0942. The van der Waals surface area contributed by atoms with E-state index in [1.807, 2.05) is 6.08 Å². The number of nitrogens with one attached hydrogen (secondary N) is 1. The maximum absolute atomic E-state index is 12.2. The number of hydrogen-bond donors (Lipinski definition) is 1. The first-order valence-corrected chi connectivity index (χ1v) is 7.59. The molecule has 0 spiro atoms. The zero-order chi connectivity index (χ0) is 16.5. The third kappa shape index (κ3) is 6.08. The molecule has 0 saturated heterocycles. The third-order valence-electron chi connectivity index (χ3n) is 3.36. The van der Waals surface area contributed by atoms with Crippen molar-refractivity contribution in [3.05, 3.63) is 58.7 Å². The van der Waals surface area contributed by atoms with Crippen molar-refractivity contribution < 1.29 is 9.59 Å². The van der Waals surface area contributed by atoms with Gasteiger partial charge in [-0.05, 0) is 46.6 Å². The Labute approximate surface area is 133 Å². The van der Waals surface area contributed by atoms with Crippen LogP contribution in [0, 0.1) is 0 Å². The van der Waals surface area contributed by atoms with Crippen LogP contribution in [0.25, 0.3) is 0 Å². The zero-order valence-corrected chi connectivity index (χ0v) is 13.9. The minimum absolute atomic E-state index is 0.0980. The highest BCUT2D eigenvalue weighted by atomic mass is 16.2. The van der Waals surface area contributed by atoms with Gasteiger partial charge in [-0.2, -0.15) is 0 Å². The Morgan fingerprint density at radius 3 is 2.23 bits per heavy atom. The molecule has 0 saturated carbocycles. The van der Waals surface area contributed by atoms with Crippen molar-refractivity contribution in [2.75, 3.05) is 6.54 Å². The average molecular weight is 299 g/mol. The minimum Gasteiger partial charge on any atom is -0.349 e. The zero-order valence-electron chi connectivity index (χ0n) is 13.9.